The summed E-state index contributed by atoms with van der Waals surface area (Å²) in [4.78, 5) is 5.05. The number of nitrogens with zero attached hydrogens (tertiary/aromatic N) is 2. The van der Waals surface area contributed by atoms with Gasteiger partial charge in [0.25, 0.3) is 0 Å². The Labute approximate surface area is 118 Å². The molecule has 0 spiro atoms. The molecule has 2 fully saturated rings. The Morgan fingerprint density at radius 1 is 0.944 bits per heavy atom. The van der Waals surface area contributed by atoms with Gasteiger partial charge in [0.05, 0.1) is 0 Å². The highest BCUT2D eigenvalue weighted by atomic mass is 35.5. The predicted molar refractivity (Wildman–Crippen MR) is 77.9 cm³/mol. The van der Waals surface area contributed by atoms with E-state index in [1.165, 1.54) is 25.8 Å². The third-order valence-corrected chi connectivity index (χ3v) is 4.49. The van der Waals surface area contributed by atoms with Crippen LogP contribution in [0, 0.1) is 0 Å². The third kappa shape index (κ3) is 2.61. The third-order valence-electron chi connectivity index (χ3n) is 4.05. The van der Waals surface area contributed by atoms with Gasteiger partial charge >= 0.3 is 0 Å². The second-order valence-corrected chi connectivity index (χ2v) is 6.13. The Balaban J connectivity index is 1.76. The maximum atomic E-state index is 6.09. The quantitative estimate of drug-likeness (QED) is 0.777. The molecule has 0 aliphatic carbocycles. The monoisotopic (exact) mass is 284 g/mol. The van der Waals surface area contributed by atoms with E-state index in [0.29, 0.717) is 6.04 Å². The number of rotatable bonds is 1. The van der Waals surface area contributed by atoms with Gasteiger partial charge in [-0.15, -0.1) is 0 Å². The normalized spacial score (nSPS) is 25.0. The molecule has 1 aromatic rings. The maximum absolute atomic E-state index is 6.09. The first-order valence-corrected chi connectivity index (χ1v) is 7.43. The van der Waals surface area contributed by atoms with Crippen LogP contribution in [0.4, 0.5) is 5.69 Å². The lowest BCUT2D eigenvalue weighted by Crippen LogP contribution is -2.54. The van der Waals surface area contributed by atoms with Crippen LogP contribution in [0.5, 0.6) is 0 Å². The van der Waals surface area contributed by atoms with E-state index >= 15 is 0 Å². The Bertz CT molecular complexity index is 416. The van der Waals surface area contributed by atoms with Crippen LogP contribution in [-0.2, 0) is 0 Å². The topological polar surface area (TPSA) is 6.48 Å². The van der Waals surface area contributed by atoms with Crippen molar-refractivity contribution in [1.82, 2.24) is 4.90 Å². The molecule has 3 rings (SSSR count). The summed E-state index contributed by atoms with van der Waals surface area (Å²) in [6, 6.07) is 6.55. The van der Waals surface area contributed by atoms with Crippen molar-refractivity contribution < 1.29 is 0 Å². The molecule has 0 aromatic heterocycles. The number of piperidine rings is 1. The molecule has 0 radical (unpaired) electrons. The number of benzene rings is 1. The first-order valence-electron chi connectivity index (χ1n) is 6.67. The van der Waals surface area contributed by atoms with Crippen LogP contribution in [0.3, 0.4) is 0 Å². The van der Waals surface area contributed by atoms with Gasteiger partial charge in [-0.25, -0.2) is 0 Å². The van der Waals surface area contributed by atoms with Crippen molar-refractivity contribution in [1.29, 1.82) is 0 Å². The highest BCUT2D eigenvalue weighted by molar-refractivity contribution is 6.35. The van der Waals surface area contributed by atoms with Gasteiger partial charge in [-0.3, -0.25) is 4.90 Å². The van der Waals surface area contributed by atoms with E-state index in [0.717, 1.165) is 35.4 Å². The highest BCUT2D eigenvalue weighted by Gasteiger charge is 2.28. The van der Waals surface area contributed by atoms with Crippen LogP contribution in [-0.4, -0.2) is 37.1 Å². The van der Waals surface area contributed by atoms with Crippen LogP contribution < -0.4 is 4.90 Å². The molecule has 0 saturated carbocycles. The molecular formula is C14H18Cl2N2. The molecule has 2 saturated heterocycles. The van der Waals surface area contributed by atoms with Gasteiger partial charge in [0.15, 0.2) is 0 Å². The van der Waals surface area contributed by atoms with Crippen molar-refractivity contribution in [3.63, 3.8) is 0 Å². The molecule has 1 atom stereocenters. The summed E-state index contributed by atoms with van der Waals surface area (Å²) in [5, 5.41) is 1.45. The van der Waals surface area contributed by atoms with Crippen molar-refractivity contribution in [2.45, 2.75) is 25.3 Å². The minimum Gasteiger partial charge on any atom is -0.369 e. The Hall–Kier alpha value is -0.440. The molecular weight excluding hydrogens is 267 g/mol. The maximum Gasteiger partial charge on any atom is 0.0441 e. The second-order valence-electron chi connectivity index (χ2n) is 5.26. The summed E-state index contributed by atoms with van der Waals surface area (Å²) in [6.45, 7) is 4.62. The van der Waals surface area contributed by atoms with Gasteiger partial charge < -0.3 is 4.90 Å². The average molecular weight is 285 g/mol. The summed E-state index contributed by atoms with van der Waals surface area (Å²) in [5.41, 5.74) is 1.16. The standard InChI is InChI=1S/C14H18Cl2N2/c15-11-7-12(16)9-14(8-11)18-6-5-17-4-2-1-3-13(17)10-18/h7-9,13H,1-6,10H2. The molecule has 0 N–H and O–H groups in total. The Morgan fingerprint density at radius 3 is 2.50 bits per heavy atom. The van der Waals surface area contributed by atoms with Gasteiger partial charge in [-0.05, 0) is 37.6 Å². The molecule has 1 aromatic carbocycles. The second kappa shape index (κ2) is 5.28. The smallest absolute Gasteiger partial charge is 0.0441 e. The van der Waals surface area contributed by atoms with Gasteiger partial charge in [-0.1, -0.05) is 29.6 Å². The van der Waals surface area contributed by atoms with E-state index in [-0.39, 0.29) is 0 Å². The van der Waals surface area contributed by atoms with Gasteiger partial charge in [-0.2, -0.15) is 0 Å². The zero-order valence-electron chi connectivity index (χ0n) is 10.4. The Morgan fingerprint density at radius 2 is 1.72 bits per heavy atom. The fourth-order valence-electron chi connectivity index (χ4n) is 3.11. The molecule has 2 aliphatic heterocycles. The minimum atomic E-state index is 0.713. The summed E-state index contributed by atoms with van der Waals surface area (Å²) in [7, 11) is 0. The fourth-order valence-corrected chi connectivity index (χ4v) is 3.63. The van der Waals surface area contributed by atoms with E-state index in [1.54, 1.807) is 6.07 Å². The number of hydrogen-bond donors (Lipinski definition) is 0. The van der Waals surface area contributed by atoms with Crippen molar-refractivity contribution in [2.24, 2.45) is 0 Å². The van der Waals surface area contributed by atoms with Crippen molar-refractivity contribution in [3.05, 3.63) is 28.2 Å². The van der Waals surface area contributed by atoms with E-state index < -0.39 is 0 Å². The summed E-state index contributed by atoms with van der Waals surface area (Å²) >= 11 is 12.2. The Kier molecular flexibility index (Phi) is 3.69. The lowest BCUT2D eigenvalue weighted by Gasteiger charge is -2.45. The van der Waals surface area contributed by atoms with Gasteiger partial charge in [0.2, 0.25) is 0 Å². The number of fused-ring (bicyclic) bond motifs is 1. The van der Waals surface area contributed by atoms with Crippen molar-refractivity contribution in [2.75, 3.05) is 31.1 Å². The van der Waals surface area contributed by atoms with Crippen LogP contribution in [0.25, 0.3) is 0 Å². The fraction of sp³-hybridized carbons (Fsp3) is 0.571. The zero-order valence-corrected chi connectivity index (χ0v) is 11.9. The molecule has 98 valence electrons. The van der Waals surface area contributed by atoms with Crippen LogP contribution in [0.1, 0.15) is 19.3 Å². The van der Waals surface area contributed by atoms with Crippen molar-refractivity contribution >= 4 is 28.9 Å². The lowest BCUT2D eigenvalue weighted by molar-refractivity contribution is 0.133. The molecule has 18 heavy (non-hydrogen) atoms. The molecule has 0 bridgehead atoms. The predicted octanol–water partition coefficient (Wildman–Crippen LogP) is 3.67. The molecule has 0 amide bonds. The molecule has 2 heterocycles. The van der Waals surface area contributed by atoms with Crippen LogP contribution in [0.15, 0.2) is 18.2 Å². The molecule has 4 heteroatoms. The van der Waals surface area contributed by atoms with Crippen LogP contribution in [0.2, 0.25) is 10.0 Å². The van der Waals surface area contributed by atoms with Crippen LogP contribution >= 0.6 is 23.2 Å². The highest BCUT2D eigenvalue weighted by Crippen LogP contribution is 2.29. The summed E-state index contributed by atoms with van der Waals surface area (Å²) in [6.07, 6.45) is 4.05. The van der Waals surface area contributed by atoms with E-state index in [2.05, 4.69) is 9.80 Å². The molecule has 1 unspecified atom stereocenters. The van der Waals surface area contributed by atoms with Gasteiger partial charge in [0.1, 0.15) is 0 Å². The van der Waals surface area contributed by atoms with E-state index in [9.17, 15) is 0 Å². The zero-order chi connectivity index (χ0) is 12.5. The summed E-state index contributed by atoms with van der Waals surface area (Å²) < 4.78 is 0. The number of anilines is 1. The van der Waals surface area contributed by atoms with E-state index in [1.807, 2.05) is 12.1 Å². The molecule has 2 nitrogen and oxygen atoms in total. The largest absolute Gasteiger partial charge is 0.369 e. The van der Waals surface area contributed by atoms with Gasteiger partial charge in [0, 0.05) is 41.4 Å². The van der Waals surface area contributed by atoms with Crippen molar-refractivity contribution in [3.8, 4) is 0 Å². The first kappa shape index (κ1) is 12.6. The minimum absolute atomic E-state index is 0.713. The number of piperazine rings is 1. The van der Waals surface area contributed by atoms with E-state index in [4.69, 9.17) is 23.2 Å². The number of halogens is 2. The molecule has 2 aliphatic rings. The lowest BCUT2D eigenvalue weighted by atomic mass is 9.99. The summed E-state index contributed by atoms with van der Waals surface area (Å²) in [5.74, 6) is 0. The SMILES string of the molecule is Clc1cc(Cl)cc(N2CCN3CCCCC3C2)c1. The number of hydrogen-bond acceptors (Lipinski definition) is 2. The first-order chi connectivity index (χ1) is 8.72. The average Bonchev–Trinajstić information content (AvgIpc) is 2.37.